The molecule has 230 valence electrons. The van der Waals surface area contributed by atoms with Crippen LogP contribution in [0.25, 0.3) is 5.69 Å². The van der Waals surface area contributed by atoms with Gasteiger partial charge in [-0.25, -0.2) is 9.07 Å². The van der Waals surface area contributed by atoms with Crippen molar-refractivity contribution in [2.45, 2.75) is 63.7 Å². The molecule has 9 nitrogen and oxygen atoms in total. The standard InChI is InChI=1S/C33H38FN7O2S/c1-21-17-29(41(39-21)26-9-5-7-23(18-26)30(35)36)31(42)38-28-19-24(12-13-27(28)34)33(15-14-22-10-11-22,25-8-6-16-37-20-25)40-44(43)32(2,3)4/h5-9,12-13,16-20,22,40H,10-11,14-15H2,1-4H3,(H3,35,36)(H,38,42)/t33?,44-/m1/s1. The summed E-state index contributed by atoms with van der Waals surface area (Å²) in [5.41, 5.74) is 7.97. The van der Waals surface area contributed by atoms with Crippen LogP contribution in [0.5, 0.6) is 0 Å². The summed E-state index contributed by atoms with van der Waals surface area (Å²) in [6.45, 7) is 7.46. The van der Waals surface area contributed by atoms with Crippen molar-refractivity contribution in [1.29, 1.82) is 5.41 Å². The number of aromatic nitrogens is 3. The van der Waals surface area contributed by atoms with Gasteiger partial charge in [0.25, 0.3) is 5.91 Å². The molecule has 2 aromatic heterocycles. The minimum absolute atomic E-state index is 0.0154. The Hall–Kier alpha value is -4.06. The van der Waals surface area contributed by atoms with Crippen molar-refractivity contribution in [3.05, 3.63) is 107 Å². The third-order valence-corrected chi connectivity index (χ3v) is 9.42. The molecule has 0 aliphatic heterocycles. The summed E-state index contributed by atoms with van der Waals surface area (Å²) in [6.07, 6.45) is 7.24. The Bertz CT molecular complexity index is 1670. The zero-order chi connectivity index (χ0) is 31.6. The van der Waals surface area contributed by atoms with Crippen LogP contribution in [0.15, 0.2) is 73.1 Å². The fraction of sp³-hybridized carbons (Fsp3) is 0.333. The molecule has 1 aliphatic rings. The largest absolute Gasteiger partial charge is 0.598 e. The summed E-state index contributed by atoms with van der Waals surface area (Å²) in [4.78, 5) is 18.0. The molecule has 1 fully saturated rings. The molecule has 0 saturated heterocycles. The van der Waals surface area contributed by atoms with E-state index in [9.17, 15) is 9.35 Å². The lowest BCUT2D eigenvalue weighted by Crippen LogP contribution is -2.52. The Morgan fingerprint density at radius 1 is 1.14 bits per heavy atom. The topological polar surface area (TPSA) is 145 Å². The van der Waals surface area contributed by atoms with Gasteiger partial charge in [-0.3, -0.25) is 15.2 Å². The second-order valence-electron chi connectivity index (χ2n) is 12.3. The van der Waals surface area contributed by atoms with Crippen LogP contribution in [0.3, 0.4) is 0 Å². The van der Waals surface area contributed by atoms with Crippen LogP contribution < -0.4 is 15.8 Å². The van der Waals surface area contributed by atoms with Gasteiger partial charge in [0.05, 0.1) is 17.1 Å². The number of nitrogens with two attached hydrogens (primary N) is 1. The normalized spacial score (nSPS) is 15.4. The first-order valence-corrected chi connectivity index (χ1v) is 15.8. The third-order valence-electron chi connectivity index (χ3n) is 7.78. The highest BCUT2D eigenvalue weighted by atomic mass is 32.2. The van der Waals surface area contributed by atoms with E-state index in [1.165, 1.54) is 10.7 Å². The van der Waals surface area contributed by atoms with E-state index in [1.54, 1.807) is 61.8 Å². The number of amidine groups is 1. The summed E-state index contributed by atoms with van der Waals surface area (Å²) < 4.78 is 33.4. The van der Waals surface area contributed by atoms with Crippen molar-refractivity contribution >= 4 is 28.8 Å². The lowest BCUT2D eigenvalue weighted by atomic mass is 9.80. The number of hydrogen-bond acceptors (Lipinski definition) is 6. The van der Waals surface area contributed by atoms with Crippen molar-refractivity contribution in [3.63, 3.8) is 0 Å². The summed E-state index contributed by atoms with van der Waals surface area (Å²) in [6, 6.07) is 16.8. The minimum atomic E-state index is -1.48. The number of carbonyl (C=O) groups is 1. The maximum absolute atomic E-state index is 15.4. The summed E-state index contributed by atoms with van der Waals surface area (Å²) >= 11 is -1.48. The van der Waals surface area contributed by atoms with Gasteiger partial charge in [0.1, 0.15) is 27.6 Å². The lowest BCUT2D eigenvalue weighted by Gasteiger charge is -2.38. The van der Waals surface area contributed by atoms with E-state index in [4.69, 9.17) is 11.1 Å². The van der Waals surface area contributed by atoms with Crippen LogP contribution in [-0.4, -0.2) is 35.8 Å². The second-order valence-corrected chi connectivity index (χ2v) is 14.3. The zero-order valence-electron chi connectivity index (χ0n) is 25.4. The van der Waals surface area contributed by atoms with E-state index in [-0.39, 0.29) is 17.2 Å². The van der Waals surface area contributed by atoms with E-state index in [0.717, 1.165) is 24.8 Å². The number of pyridine rings is 1. The van der Waals surface area contributed by atoms with Crippen LogP contribution in [0, 0.1) is 24.1 Å². The van der Waals surface area contributed by atoms with Crippen molar-refractivity contribution in [1.82, 2.24) is 19.5 Å². The number of carbonyl (C=O) groups excluding carboxylic acids is 1. The fourth-order valence-corrected chi connectivity index (χ4v) is 6.07. The highest BCUT2D eigenvalue weighted by Gasteiger charge is 2.43. The Morgan fingerprint density at radius 3 is 2.57 bits per heavy atom. The van der Waals surface area contributed by atoms with Crippen molar-refractivity contribution in [3.8, 4) is 5.69 Å². The van der Waals surface area contributed by atoms with Crippen molar-refractivity contribution < 1.29 is 13.7 Å². The Balaban J connectivity index is 1.55. The van der Waals surface area contributed by atoms with Crippen LogP contribution in [0.2, 0.25) is 0 Å². The van der Waals surface area contributed by atoms with Crippen LogP contribution >= 0.6 is 0 Å². The van der Waals surface area contributed by atoms with E-state index in [0.29, 0.717) is 34.8 Å². The molecule has 5 N–H and O–H groups in total. The van der Waals surface area contributed by atoms with Crippen molar-refractivity contribution in [2.75, 3.05) is 5.32 Å². The van der Waals surface area contributed by atoms with Gasteiger partial charge in [-0.1, -0.05) is 37.1 Å². The number of nitrogens with one attached hydrogen (secondary N) is 3. The molecule has 0 spiro atoms. The molecule has 1 saturated carbocycles. The molecule has 2 atom stereocenters. The number of halogens is 1. The Labute approximate surface area is 260 Å². The van der Waals surface area contributed by atoms with E-state index >= 15 is 4.39 Å². The van der Waals surface area contributed by atoms with E-state index < -0.39 is 33.4 Å². The summed E-state index contributed by atoms with van der Waals surface area (Å²) in [5, 5.41) is 15.0. The molecule has 0 radical (unpaired) electrons. The molecule has 1 amide bonds. The number of nitrogens with zero attached hydrogens (tertiary/aromatic N) is 3. The first kappa shape index (κ1) is 31.4. The van der Waals surface area contributed by atoms with Gasteiger partial charge in [0.2, 0.25) is 0 Å². The Kier molecular flexibility index (Phi) is 8.92. The quantitative estimate of drug-likeness (QED) is 0.0963. The van der Waals surface area contributed by atoms with Gasteiger partial charge in [0, 0.05) is 29.3 Å². The smallest absolute Gasteiger partial charge is 0.274 e. The number of anilines is 1. The molecule has 11 heteroatoms. The molecule has 4 aromatic rings. The molecule has 44 heavy (non-hydrogen) atoms. The van der Waals surface area contributed by atoms with Gasteiger partial charge in [-0.2, -0.15) is 5.10 Å². The van der Waals surface area contributed by atoms with Gasteiger partial charge in [0.15, 0.2) is 0 Å². The molecule has 2 heterocycles. The molecule has 2 aromatic carbocycles. The number of benzene rings is 2. The predicted molar refractivity (Wildman–Crippen MR) is 172 cm³/mol. The summed E-state index contributed by atoms with van der Waals surface area (Å²) in [7, 11) is 0. The zero-order valence-corrected chi connectivity index (χ0v) is 26.2. The number of hydrogen-bond donors (Lipinski definition) is 4. The summed E-state index contributed by atoms with van der Waals surface area (Å²) in [5.74, 6) is -0.699. The van der Waals surface area contributed by atoms with Gasteiger partial charge in [-0.05, 0) is 94.0 Å². The van der Waals surface area contributed by atoms with Gasteiger partial charge < -0.3 is 15.6 Å². The first-order chi connectivity index (χ1) is 20.9. The maximum Gasteiger partial charge on any atom is 0.274 e. The number of nitrogen functional groups attached to an aromatic ring is 1. The average Bonchev–Trinajstić information content (AvgIpc) is 3.74. The SMILES string of the molecule is Cc1cc(C(=O)Nc2cc(C(CCC3CC3)(N[S@+]([O-])C(C)(C)C)c3cccnc3)ccc2F)n(-c2cccc(C(=N)N)c2)n1. The fourth-order valence-electron chi connectivity index (χ4n) is 5.11. The first-order valence-electron chi connectivity index (χ1n) is 14.6. The van der Waals surface area contributed by atoms with Crippen molar-refractivity contribution in [2.24, 2.45) is 11.7 Å². The van der Waals surface area contributed by atoms with Gasteiger partial charge in [-0.15, -0.1) is 4.72 Å². The molecule has 1 aliphatic carbocycles. The predicted octanol–water partition coefficient (Wildman–Crippen LogP) is 5.74. The van der Waals surface area contributed by atoms with E-state index in [2.05, 4.69) is 20.1 Å². The molecule has 0 bridgehead atoms. The number of amides is 1. The number of aryl methyl sites for hydroxylation is 1. The van der Waals surface area contributed by atoms with Crippen LogP contribution in [0.4, 0.5) is 10.1 Å². The monoisotopic (exact) mass is 615 g/mol. The minimum Gasteiger partial charge on any atom is -0.598 e. The molecular weight excluding hydrogens is 577 g/mol. The molecule has 1 unspecified atom stereocenters. The highest BCUT2D eigenvalue weighted by molar-refractivity contribution is 7.90. The van der Waals surface area contributed by atoms with Crippen LogP contribution in [0.1, 0.15) is 79.3 Å². The van der Waals surface area contributed by atoms with Crippen LogP contribution in [-0.2, 0) is 16.9 Å². The number of rotatable bonds is 11. The second kappa shape index (κ2) is 12.5. The van der Waals surface area contributed by atoms with E-state index in [1.807, 2.05) is 32.9 Å². The highest BCUT2D eigenvalue weighted by Crippen LogP contribution is 2.43. The Morgan fingerprint density at radius 2 is 1.91 bits per heavy atom. The van der Waals surface area contributed by atoms with Gasteiger partial charge >= 0.3 is 0 Å². The maximum atomic E-state index is 15.4. The average molecular weight is 616 g/mol. The third kappa shape index (κ3) is 6.85. The molecule has 5 rings (SSSR count). The lowest BCUT2D eigenvalue weighted by molar-refractivity contribution is 0.101. The molecular formula is C33H38FN7O2S.